The van der Waals surface area contributed by atoms with Crippen LogP contribution in [0, 0.1) is 5.41 Å². The molecule has 2 aliphatic heterocycles. The molecule has 1 aliphatic carbocycles. The van der Waals surface area contributed by atoms with Crippen molar-refractivity contribution in [1.82, 2.24) is 25.1 Å². The molecule has 0 radical (unpaired) electrons. The van der Waals surface area contributed by atoms with Crippen molar-refractivity contribution in [2.45, 2.75) is 38.5 Å². The summed E-state index contributed by atoms with van der Waals surface area (Å²) in [6.45, 7) is 3.11. The molecule has 7 rings (SSSR count). The highest BCUT2D eigenvalue weighted by Gasteiger charge is 2.48. The summed E-state index contributed by atoms with van der Waals surface area (Å²) in [5.41, 5.74) is 13.7. The van der Waals surface area contributed by atoms with Gasteiger partial charge in [-0.1, -0.05) is 23.7 Å². The lowest BCUT2D eigenvalue weighted by molar-refractivity contribution is 0.134. The van der Waals surface area contributed by atoms with Gasteiger partial charge >= 0.3 is 0 Å². The van der Waals surface area contributed by atoms with Crippen molar-refractivity contribution < 1.29 is 4.74 Å². The molecule has 1 fully saturated rings. The fraction of sp³-hybridized carbons (Fsp3) is 0.391. The van der Waals surface area contributed by atoms with Crippen LogP contribution in [0.3, 0.4) is 0 Å². The Morgan fingerprint density at radius 2 is 2.03 bits per heavy atom. The summed E-state index contributed by atoms with van der Waals surface area (Å²) >= 11 is 7.63. The molecule has 1 atom stereocenters. The Morgan fingerprint density at radius 3 is 2.88 bits per heavy atom. The Labute approximate surface area is 199 Å². The smallest absolute Gasteiger partial charge is 0.202 e. The van der Waals surface area contributed by atoms with E-state index in [4.69, 9.17) is 32.0 Å². The molecular weight excluding hydrogens is 458 g/mol. The third-order valence-electron chi connectivity index (χ3n) is 7.51. The molecule has 0 amide bonds. The van der Waals surface area contributed by atoms with Crippen molar-refractivity contribution in [1.29, 1.82) is 0 Å². The van der Waals surface area contributed by atoms with Crippen LogP contribution in [0.15, 0.2) is 24.4 Å². The summed E-state index contributed by atoms with van der Waals surface area (Å²) in [4.78, 5) is 17.5. The summed E-state index contributed by atoms with van der Waals surface area (Å²) in [5, 5.41) is 7.60. The van der Waals surface area contributed by atoms with Crippen molar-refractivity contribution in [2.75, 3.05) is 18.0 Å². The number of nitrogens with two attached hydrogens (primary N) is 1. The highest BCUT2D eigenvalue weighted by molar-refractivity contribution is 7.16. The van der Waals surface area contributed by atoms with E-state index in [2.05, 4.69) is 38.3 Å². The second-order valence-electron chi connectivity index (χ2n) is 9.26. The van der Waals surface area contributed by atoms with Crippen LogP contribution < -0.4 is 10.6 Å². The first kappa shape index (κ1) is 19.8. The number of H-pyrrole nitrogens is 1. The summed E-state index contributed by atoms with van der Waals surface area (Å²) in [7, 11) is 0. The summed E-state index contributed by atoms with van der Waals surface area (Å²) in [6, 6.07) is 6.37. The number of fused-ring (bicyclic) bond motifs is 3. The average molecular weight is 480 g/mol. The van der Waals surface area contributed by atoms with Gasteiger partial charge in [-0.3, -0.25) is 5.10 Å². The summed E-state index contributed by atoms with van der Waals surface area (Å²) in [6.07, 6.45) is 4.78. The third kappa shape index (κ3) is 3.03. The van der Waals surface area contributed by atoms with Gasteiger partial charge in [-0.15, -0.1) is 11.3 Å². The summed E-state index contributed by atoms with van der Waals surface area (Å²) in [5.74, 6) is 0.861. The molecule has 10 heteroatoms. The zero-order valence-corrected chi connectivity index (χ0v) is 19.4. The molecule has 1 saturated heterocycles. The average Bonchev–Trinajstić information content (AvgIpc) is 3.59. The molecule has 3 N–H and O–H groups in total. The van der Waals surface area contributed by atoms with Gasteiger partial charge in [0, 0.05) is 29.6 Å². The molecule has 0 saturated carbocycles. The Bertz CT molecular complexity index is 1390. The first-order chi connectivity index (χ1) is 16.1. The lowest BCUT2D eigenvalue weighted by Gasteiger charge is -2.42. The van der Waals surface area contributed by atoms with Crippen LogP contribution in [0.4, 0.5) is 5.82 Å². The summed E-state index contributed by atoms with van der Waals surface area (Å²) < 4.78 is 6.14. The van der Waals surface area contributed by atoms with Gasteiger partial charge in [0.05, 0.1) is 30.8 Å². The predicted octanol–water partition coefficient (Wildman–Crippen LogP) is 4.00. The number of piperidine rings is 1. The van der Waals surface area contributed by atoms with Gasteiger partial charge in [-0.25, -0.2) is 15.0 Å². The van der Waals surface area contributed by atoms with Gasteiger partial charge < -0.3 is 15.4 Å². The van der Waals surface area contributed by atoms with Gasteiger partial charge in [0.1, 0.15) is 11.3 Å². The maximum absolute atomic E-state index is 6.66. The largest absolute Gasteiger partial charge is 0.372 e. The minimum absolute atomic E-state index is 0.0137. The third-order valence-corrected chi connectivity index (χ3v) is 8.79. The molecule has 5 heterocycles. The molecule has 168 valence electrons. The van der Waals surface area contributed by atoms with Crippen LogP contribution in [0.5, 0.6) is 0 Å². The number of hydrogen-bond acceptors (Lipinski definition) is 8. The molecule has 1 spiro atoms. The lowest BCUT2D eigenvalue weighted by atomic mass is 9.74. The van der Waals surface area contributed by atoms with E-state index in [0.717, 1.165) is 65.5 Å². The zero-order valence-electron chi connectivity index (χ0n) is 17.8. The van der Waals surface area contributed by atoms with E-state index < -0.39 is 0 Å². The van der Waals surface area contributed by atoms with E-state index in [1.54, 1.807) is 0 Å². The molecule has 0 bridgehead atoms. The van der Waals surface area contributed by atoms with Gasteiger partial charge in [-0.05, 0) is 41.9 Å². The normalized spacial score (nSPS) is 21.2. The molecular formula is C23H22ClN7OS. The number of anilines is 1. The minimum atomic E-state index is 0.0137. The standard InChI is InChI=1S/C23H22ClN7OS/c24-22-27-15-8-23(20(25)19(15)33-22)3-5-31(6-4-23)16-9-26-18-17(29-30-21(18)28-16)12-1-2-13-10-32-11-14(13)7-12/h1-2,7,9,20H,3-6,8,10-11,25H2,(H,28,29,30)/t20-/m1/s1. The first-order valence-electron chi connectivity index (χ1n) is 11.2. The van der Waals surface area contributed by atoms with E-state index in [0.29, 0.717) is 23.3 Å². The molecule has 3 aromatic heterocycles. The van der Waals surface area contributed by atoms with Crippen molar-refractivity contribution in [2.24, 2.45) is 11.1 Å². The van der Waals surface area contributed by atoms with Gasteiger partial charge in [-0.2, -0.15) is 5.10 Å². The predicted molar refractivity (Wildman–Crippen MR) is 127 cm³/mol. The van der Waals surface area contributed by atoms with Gasteiger partial charge in [0.25, 0.3) is 0 Å². The number of aromatic amines is 1. The van der Waals surface area contributed by atoms with Crippen LogP contribution in [0.1, 0.15) is 40.6 Å². The molecule has 33 heavy (non-hydrogen) atoms. The maximum atomic E-state index is 6.66. The van der Waals surface area contributed by atoms with Crippen molar-refractivity contribution in [3.05, 3.63) is 50.6 Å². The number of hydrogen-bond donors (Lipinski definition) is 2. The minimum Gasteiger partial charge on any atom is -0.372 e. The molecule has 4 aromatic rings. The molecule has 1 aromatic carbocycles. The zero-order chi connectivity index (χ0) is 22.2. The molecule has 3 aliphatic rings. The quantitative estimate of drug-likeness (QED) is 0.447. The van der Waals surface area contributed by atoms with E-state index in [1.165, 1.54) is 22.5 Å². The van der Waals surface area contributed by atoms with Crippen molar-refractivity contribution in [3.63, 3.8) is 0 Å². The molecule has 0 unspecified atom stereocenters. The van der Waals surface area contributed by atoms with Crippen LogP contribution in [0.25, 0.3) is 22.4 Å². The van der Waals surface area contributed by atoms with E-state index in [-0.39, 0.29) is 11.5 Å². The lowest BCUT2D eigenvalue weighted by Crippen LogP contribution is -2.44. The Hall–Kier alpha value is -2.59. The highest BCUT2D eigenvalue weighted by atomic mass is 35.5. The van der Waals surface area contributed by atoms with E-state index in [1.807, 2.05) is 6.20 Å². The first-order valence-corrected chi connectivity index (χ1v) is 12.4. The Kier molecular flexibility index (Phi) is 4.33. The van der Waals surface area contributed by atoms with Crippen LogP contribution >= 0.6 is 22.9 Å². The van der Waals surface area contributed by atoms with Crippen molar-refractivity contribution >= 4 is 39.9 Å². The van der Waals surface area contributed by atoms with E-state index in [9.17, 15) is 0 Å². The Morgan fingerprint density at radius 1 is 1.18 bits per heavy atom. The molecule has 8 nitrogen and oxygen atoms in total. The highest BCUT2D eigenvalue weighted by Crippen LogP contribution is 2.53. The fourth-order valence-corrected chi connectivity index (χ4v) is 6.86. The number of rotatable bonds is 2. The number of nitrogens with zero attached hydrogens (tertiary/aromatic N) is 5. The monoisotopic (exact) mass is 479 g/mol. The SMILES string of the molecule is N[C@@H]1c2sc(Cl)nc2CC12CCN(c1cnc3c(-c4ccc5c(c4)COC5)[nH]nc3n1)CC2. The van der Waals surface area contributed by atoms with Crippen molar-refractivity contribution in [3.8, 4) is 11.3 Å². The number of thiazole rings is 1. The van der Waals surface area contributed by atoms with Crippen LogP contribution in [0.2, 0.25) is 4.47 Å². The fourth-order valence-electron chi connectivity index (χ4n) is 5.56. The number of halogens is 1. The number of aromatic nitrogens is 5. The van der Waals surface area contributed by atoms with Gasteiger partial charge in [0.2, 0.25) is 5.65 Å². The number of benzene rings is 1. The second-order valence-corrected chi connectivity index (χ2v) is 10.9. The van der Waals surface area contributed by atoms with Gasteiger partial charge in [0.15, 0.2) is 4.47 Å². The number of nitrogens with one attached hydrogen (secondary N) is 1. The van der Waals surface area contributed by atoms with Crippen LogP contribution in [-0.2, 0) is 24.4 Å². The number of ether oxygens (including phenoxy) is 1. The Balaban J connectivity index is 1.12. The maximum Gasteiger partial charge on any atom is 0.202 e. The topological polar surface area (TPSA) is 106 Å². The second kappa shape index (κ2) is 7.20. The van der Waals surface area contributed by atoms with Crippen LogP contribution in [-0.4, -0.2) is 38.2 Å². The van der Waals surface area contributed by atoms with E-state index >= 15 is 0 Å².